The summed E-state index contributed by atoms with van der Waals surface area (Å²) in [7, 11) is -3.27. The summed E-state index contributed by atoms with van der Waals surface area (Å²) in [4.78, 5) is 23.4. The van der Waals surface area contributed by atoms with Gasteiger partial charge in [0.15, 0.2) is 10.9 Å². The molecule has 0 aromatic heterocycles. The molecule has 6 nitrogen and oxygen atoms in total. The number of ketones is 1. The molecule has 0 bridgehead atoms. The molecule has 2 aromatic rings. The van der Waals surface area contributed by atoms with Crippen LogP contribution in [0.1, 0.15) is 43.9 Å². The van der Waals surface area contributed by atoms with Crippen molar-refractivity contribution in [2.75, 3.05) is 19.4 Å². The minimum atomic E-state index is -3.27. The van der Waals surface area contributed by atoms with Crippen molar-refractivity contribution in [3.8, 4) is 5.75 Å². The molecule has 2 fully saturated rings. The van der Waals surface area contributed by atoms with Crippen molar-refractivity contribution < 1.29 is 27.9 Å². The molecule has 34 heavy (non-hydrogen) atoms. The molecule has 3 unspecified atom stereocenters. The molecule has 2 aromatic carbocycles. The van der Waals surface area contributed by atoms with E-state index in [1.165, 1.54) is 0 Å². The first kappa shape index (κ1) is 25.5. The quantitative estimate of drug-likeness (QED) is 0.299. The van der Waals surface area contributed by atoms with Crippen LogP contribution in [-0.2, 0) is 29.6 Å². The van der Waals surface area contributed by atoms with Gasteiger partial charge in [-0.1, -0.05) is 61.5 Å². The molecule has 0 N–H and O–H groups in total. The molecule has 2 heterocycles. The fourth-order valence-electron chi connectivity index (χ4n) is 3.81. The highest BCUT2D eigenvalue weighted by molar-refractivity contribution is 8.15. The van der Waals surface area contributed by atoms with Crippen molar-refractivity contribution in [3.63, 3.8) is 0 Å². The summed E-state index contributed by atoms with van der Waals surface area (Å²) in [5.74, 6) is 0.602. The molecule has 2 aliphatic rings. The van der Waals surface area contributed by atoms with Gasteiger partial charge in [0.2, 0.25) is 0 Å². The predicted octanol–water partition coefficient (Wildman–Crippen LogP) is 6.26. The minimum absolute atomic E-state index is 0.0139. The zero-order valence-corrected chi connectivity index (χ0v) is 21.7. The van der Waals surface area contributed by atoms with E-state index < -0.39 is 13.7 Å². The third-order valence-corrected chi connectivity index (χ3v) is 9.15. The topological polar surface area (TPSA) is 78.9 Å². The lowest BCUT2D eigenvalue weighted by atomic mass is 9.92. The lowest BCUT2D eigenvalue weighted by molar-refractivity contribution is -0.121. The number of carbonyl (C=O) groups excluding carboxylic acids is 2. The smallest absolute Gasteiger partial charge is 0.331 e. The zero-order valence-electron chi connectivity index (χ0n) is 19.2. The molecule has 182 valence electrons. The second-order valence-electron chi connectivity index (χ2n) is 9.45. The average molecular weight is 523 g/mol. The first-order chi connectivity index (χ1) is 16.1. The Morgan fingerprint density at radius 3 is 2.59 bits per heavy atom. The maximum atomic E-state index is 13.3. The van der Waals surface area contributed by atoms with E-state index in [0.717, 1.165) is 29.3 Å². The van der Waals surface area contributed by atoms with E-state index in [9.17, 15) is 14.2 Å². The van der Waals surface area contributed by atoms with Gasteiger partial charge in [-0.05, 0) is 53.6 Å². The van der Waals surface area contributed by atoms with E-state index in [-0.39, 0.29) is 34.6 Å². The number of carbonyl (C=O) groups is 2. The molecular weight excluding hydrogens is 495 g/mol. The van der Waals surface area contributed by atoms with Crippen LogP contribution in [0.5, 0.6) is 5.75 Å². The average Bonchev–Trinajstić information content (AvgIpc) is 3.11. The summed E-state index contributed by atoms with van der Waals surface area (Å²) in [5, 5.41) is 0.182. The second-order valence-corrected chi connectivity index (χ2v) is 13.3. The maximum absolute atomic E-state index is 13.3. The summed E-state index contributed by atoms with van der Waals surface area (Å²) in [6, 6.07) is 14.6. The van der Waals surface area contributed by atoms with E-state index in [0.29, 0.717) is 30.0 Å². The van der Waals surface area contributed by atoms with Gasteiger partial charge in [0.25, 0.3) is 0 Å². The van der Waals surface area contributed by atoms with Crippen molar-refractivity contribution >= 4 is 41.9 Å². The largest absolute Gasteiger partial charge is 0.491 e. The Morgan fingerprint density at radius 2 is 1.97 bits per heavy atom. The molecule has 2 saturated heterocycles. The lowest BCUT2D eigenvalue weighted by Crippen LogP contribution is -2.27. The van der Waals surface area contributed by atoms with E-state index in [1.54, 1.807) is 12.1 Å². The van der Waals surface area contributed by atoms with Gasteiger partial charge in [-0.25, -0.2) is 0 Å². The number of thioether (sulfide) groups is 1. The van der Waals surface area contributed by atoms with Crippen molar-refractivity contribution in [2.24, 2.45) is 5.41 Å². The van der Waals surface area contributed by atoms with Crippen LogP contribution in [0.25, 0.3) is 0 Å². The normalized spacial score (nSPS) is 25.3. The van der Waals surface area contributed by atoms with Gasteiger partial charge in [0, 0.05) is 5.02 Å². The lowest BCUT2D eigenvalue weighted by Gasteiger charge is -2.35. The molecule has 0 saturated carbocycles. The highest BCUT2D eigenvalue weighted by atomic mass is 35.5. The number of rotatable bonds is 8. The third kappa shape index (κ3) is 6.73. The molecule has 0 radical (unpaired) electrons. The van der Waals surface area contributed by atoms with Gasteiger partial charge in [-0.3, -0.25) is 18.7 Å². The second kappa shape index (κ2) is 10.5. The van der Waals surface area contributed by atoms with E-state index in [2.05, 4.69) is 13.8 Å². The standard InChI is InChI=1S/C25H28ClO6PS/c1-25(2)10-11-33(29,31-16-25)32-22(18-4-3-5-19(26)13-18)15-30-20-8-6-17(7-9-20)12-23-21(27)14-24(28)34-23/h3-9,13,22-23H,10-12,14-16H2,1-2H3. The summed E-state index contributed by atoms with van der Waals surface area (Å²) < 4.78 is 31.0. The first-order valence-electron chi connectivity index (χ1n) is 11.2. The summed E-state index contributed by atoms with van der Waals surface area (Å²) in [5.41, 5.74) is 1.68. The van der Waals surface area contributed by atoms with Gasteiger partial charge < -0.3 is 9.26 Å². The van der Waals surface area contributed by atoms with Crippen LogP contribution in [0.15, 0.2) is 48.5 Å². The number of Topliss-reactive ketones (excluding diaryl/α,β-unsaturated/α-hetero) is 1. The first-order valence-corrected chi connectivity index (χ1v) is 14.2. The van der Waals surface area contributed by atoms with Crippen LogP contribution in [-0.4, -0.2) is 35.5 Å². The Labute approximate surface area is 209 Å². The number of ether oxygens (including phenoxy) is 1. The molecule has 4 rings (SSSR count). The van der Waals surface area contributed by atoms with Crippen molar-refractivity contribution in [2.45, 2.75) is 44.5 Å². The molecule has 2 aliphatic heterocycles. The number of benzene rings is 2. The van der Waals surface area contributed by atoms with Crippen LogP contribution >= 0.6 is 31.0 Å². The number of halogens is 1. The molecule has 0 spiro atoms. The van der Waals surface area contributed by atoms with Crippen LogP contribution in [0.2, 0.25) is 5.02 Å². The van der Waals surface area contributed by atoms with E-state index in [4.69, 9.17) is 25.4 Å². The Bertz CT molecular complexity index is 1090. The Hall–Kier alpha value is -1.63. The third-order valence-electron chi connectivity index (χ3n) is 5.92. The van der Waals surface area contributed by atoms with Crippen LogP contribution in [0.3, 0.4) is 0 Å². The predicted molar refractivity (Wildman–Crippen MR) is 134 cm³/mol. The molecule has 9 heteroatoms. The summed E-state index contributed by atoms with van der Waals surface area (Å²) in [6.45, 7) is 4.66. The van der Waals surface area contributed by atoms with E-state index >= 15 is 0 Å². The van der Waals surface area contributed by atoms with Gasteiger partial charge in [-0.2, -0.15) is 0 Å². The highest BCUT2D eigenvalue weighted by Crippen LogP contribution is 2.57. The SMILES string of the molecule is CC1(C)CCP(=O)(OC(COc2ccc(CC3SC(=O)CC3=O)cc2)c2cccc(Cl)c2)OC1. The Balaban J connectivity index is 1.42. The monoisotopic (exact) mass is 522 g/mol. The van der Waals surface area contributed by atoms with E-state index in [1.807, 2.05) is 36.4 Å². The van der Waals surface area contributed by atoms with Gasteiger partial charge in [-0.15, -0.1) is 0 Å². The fourth-order valence-corrected chi connectivity index (χ4v) is 7.33. The maximum Gasteiger partial charge on any atom is 0.331 e. The van der Waals surface area contributed by atoms with Crippen molar-refractivity contribution in [3.05, 3.63) is 64.7 Å². The van der Waals surface area contributed by atoms with Crippen LogP contribution in [0.4, 0.5) is 0 Å². The van der Waals surface area contributed by atoms with Crippen LogP contribution in [0, 0.1) is 5.41 Å². The fraction of sp³-hybridized carbons (Fsp3) is 0.440. The van der Waals surface area contributed by atoms with Gasteiger partial charge >= 0.3 is 7.60 Å². The number of hydrogen-bond acceptors (Lipinski definition) is 7. The van der Waals surface area contributed by atoms with Gasteiger partial charge in [0.05, 0.1) is 24.4 Å². The highest BCUT2D eigenvalue weighted by Gasteiger charge is 2.38. The van der Waals surface area contributed by atoms with Crippen molar-refractivity contribution in [1.82, 2.24) is 0 Å². The summed E-state index contributed by atoms with van der Waals surface area (Å²) in [6.07, 6.45) is 1.02. The summed E-state index contributed by atoms with van der Waals surface area (Å²) >= 11 is 7.30. The Morgan fingerprint density at radius 1 is 1.21 bits per heavy atom. The van der Waals surface area contributed by atoms with Crippen LogP contribution < -0.4 is 4.74 Å². The zero-order chi connectivity index (χ0) is 24.3. The molecule has 3 atom stereocenters. The Kier molecular flexibility index (Phi) is 7.90. The molecule has 0 aliphatic carbocycles. The van der Waals surface area contributed by atoms with Crippen molar-refractivity contribution in [1.29, 1.82) is 0 Å². The number of hydrogen-bond donors (Lipinski definition) is 0. The molecule has 0 amide bonds. The van der Waals surface area contributed by atoms with Gasteiger partial charge in [0.1, 0.15) is 18.5 Å². The minimum Gasteiger partial charge on any atom is -0.491 e. The molecular formula is C25H28ClO6PS.